The molecule has 0 saturated carbocycles. The molecule has 0 saturated heterocycles. The summed E-state index contributed by atoms with van der Waals surface area (Å²) < 4.78 is 5.33. The van der Waals surface area contributed by atoms with Crippen molar-refractivity contribution in [3.63, 3.8) is 0 Å². The molecule has 34 heavy (non-hydrogen) atoms. The molecular weight excluding hydrogens is 518 g/mol. The minimum absolute atomic E-state index is 0.113. The Labute approximate surface area is 216 Å². The van der Waals surface area contributed by atoms with Crippen molar-refractivity contribution in [3.8, 4) is 28.3 Å². The molecule has 0 unspecified atom stereocenters. The monoisotopic (exact) mass is 534 g/mol. The highest BCUT2D eigenvalue weighted by Crippen LogP contribution is 2.38. The summed E-state index contributed by atoms with van der Waals surface area (Å²) in [5.41, 5.74) is 2.99. The number of methoxy groups -OCH3 is 1. The van der Waals surface area contributed by atoms with Gasteiger partial charge in [0.25, 0.3) is 0 Å². The van der Waals surface area contributed by atoms with Gasteiger partial charge >= 0.3 is 0 Å². The van der Waals surface area contributed by atoms with Gasteiger partial charge in [-0.25, -0.2) is 0 Å². The molecule has 1 aromatic heterocycles. The summed E-state index contributed by atoms with van der Waals surface area (Å²) >= 11 is 25.0. The number of amides is 1. The van der Waals surface area contributed by atoms with E-state index in [0.717, 1.165) is 5.56 Å². The Morgan fingerprint density at radius 3 is 1.97 bits per heavy atom. The highest BCUT2D eigenvalue weighted by molar-refractivity contribution is 6.37. The fourth-order valence-electron chi connectivity index (χ4n) is 3.37. The summed E-state index contributed by atoms with van der Waals surface area (Å²) in [6.45, 7) is 0.189. The lowest BCUT2D eigenvalue weighted by molar-refractivity contribution is -0.122. The molecule has 1 heterocycles. The first-order valence-corrected chi connectivity index (χ1v) is 11.6. The number of benzene rings is 3. The fourth-order valence-corrected chi connectivity index (χ4v) is 4.37. The lowest BCUT2D eigenvalue weighted by Crippen LogP contribution is -2.28. The smallest absolute Gasteiger partial charge is 0.243 e. The maximum absolute atomic E-state index is 12.7. The second-order valence-electron chi connectivity index (χ2n) is 7.26. The minimum atomic E-state index is -0.275. The van der Waals surface area contributed by atoms with Gasteiger partial charge in [0.2, 0.25) is 5.91 Å². The average Bonchev–Trinajstić information content (AvgIpc) is 3.20. The molecule has 0 spiro atoms. The zero-order valence-corrected chi connectivity index (χ0v) is 20.9. The molecule has 10 heteroatoms. The van der Waals surface area contributed by atoms with E-state index < -0.39 is 0 Å². The normalized spacial score (nSPS) is 10.9. The SMILES string of the molecule is COc1ccccc1CNC(=O)Cn1nc(-c2ccc(Cl)cc2Cl)c(-c2ccc(Cl)cc2Cl)n1. The Morgan fingerprint density at radius 1 is 0.882 bits per heavy atom. The predicted molar refractivity (Wildman–Crippen MR) is 136 cm³/mol. The van der Waals surface area contributed by atoms with Crippen molar-refractivity contribution in [2.75, 3.05) is 7.11 Å². The average molecular weight is 536 g/mol. The molecule has 0 fully saturated rings. The van der Waals surface area contributed by atoms with Gasteiger partial charge < -0.3 is 10.1 Å². The van der Waals surface area contributed by atoms with Gasteiger partial charge in [-0.1, -0.05) is 64.6 Å². The zero-order valence-electron chi connectivity index (χ0n) is 17.9. The van der Waals surface area contributed by atoms with E-state index in [1.807, 2.05) is 24.3 Å². The first kappa shape index (κ1) is 24.4. The van der Waals surface area contributed by atoms with E-state index in [9.17, 15) is 4.79 Å². The van der Waals surface area contributed by atoms with Crippen LogP contribution in [0.1, 0.15) is 5.56 Å². The van der Waals surface area contributed by atoms with E-state index in [1.54, 1.807) is 43.5 Å². The predicted octanol–water partition coefficient (Wildman–Crippen LogP) is 6.55. The molecule has 0 radical (unpaired) electrons. The van der Waals surface area contributed by atoms with Crippen LogP contribution in [0.2, 0.25) is 20.1 Å². The maximum atomic E-state index is 12.7. The van der Waals surface area contributed by atoms with Crippen LogP contribution in [0.3, 0.4) is 0 Å². The first-order chi connectivity index (χ1) is 16.4. The molecular formula is C24H18Cl4N4O2. The van der Waals surface area contributed by atoms with Crippen LogP contribution in [0.5, 0.6) is 5.75 Å². The number of hydrogen-bond acceptors (Lipinski definition) is 4. The van der Waals surface area contributed by atoms with Crippen LogP contribution < -0.4 is 10.1 Å². The van der Waals surface area contributed by atoms with E-state index in [4.69, 9.17) is 51.1 Å². The molecule has 0 aliphatic rings. The van der Waals surface area contributed by atoms with Crippen LogP contribution in [-0.2, 0) is 17.9 Å². The molecule has 1 amide bonds. The van der Waals surface area contributed by atoms with Gasteiger partial charge in [0, 0.05) is 33.3 Å². The highest BCUT2D eigenvalue weighted by atomic mass is 35.5. The van der Waals surface area contributed by atoms with E-state index in [1.165, 1.54) is 4.80 Å². The summed E-state index contributed by atoms with van der Waals surface area (Å²) in [6, 6.07) is 17.6. The highest BCUT2D eigenvalue weighted by Gasteiger charge is 2.21. The van der Waals surface area contributed by atoms with Crippen LogP contribution in [0, 0.1) is 0 Å². The van der Waals surface area contributed by atoms with Gasteiger partial charge in [0.05, 0.1) is 17.2 Å². The molecule has 0 bridgehead atoms. The quantitative estimate of drug-likeness (QED) is 0.291. The Balaban J connectivity index is 1.64. The Kier molecular flexibility index (Phi) is 7.63. The third-order valence-corrected chi connectivity index (χ3v) is 6.08. The van der Waals surface area contributed by atoms with Gasteiger partial charge in [0.1, 0.15) is 23.7 Å². The number of rotatable bonds is 7. The summed E-state index contributed by atoms with van der Waals surface area (Å²) in [5.74, 6) is 0.419. The van der Waals surface area contributed by atoms with E-state index >= 15 is 0 Å². The summed E-state index contributed by atoms with van der Waals surface area (Å²) in [7, 11) is 1.58. The Morgan fingerprint density at radius 2 is 1.44 bits per heavy atom. The van der Waals surface area contributed by atoms with Crippen molar-refractivity contribution in [1.82, 2.24) is 20.3 Å². The molecule has 0 atom stereocenters. The zero-order chi connectivity index (χ0) is 24.2. The summed E-state index contributed by atoms with van der Waals surface area (Å²) in [4.78, 5) is 14.0. The van der Waals surface area contributed by atoms with Gasteiger partial charge in [-0.15, -0.1) is 0 Å². The van der Waals surface area contributed by atoms with Crippen molar-refractivity contribution >= 4 is 52.3 Å². The number of aromatic nitrogens is 3. The van der Waals surface area contributed by atoms with Crippen LogP contribution in [-0.4, -0.2) is 28.0 Å². The molecule has 3 aromatic carbocycles. The standard InChI is InChI=1S/C24H18Cl4N4O2/c1-34-21-5-3-2-4-14(21)12-29-22(33)13-32-30-23(17-8-6-15(25)10-19(17)27)24(31-32)18-9-7-16(26)11-20(18)28/h2-11H,12-13H2,1H3,(H,29,33). The summed E-state index contributed by atoms with van der Waals surface area (Å²) in [5, 5.41) is 13.7. The van der Waals surface area contributed by atoms with Crippen LogP contribution in [0.4, 0.5) is 0 Å². The molecule has 1 N–H and O–H groups in total. The second-order valence-corrected chi connectivity index (χ2v) is 8.95. The van der Waals surface area contributed by atoms with Crippen molar-refractivity contribution in [2.24, 2.45) is 0 Å². The number of carbonyl (C=O) groups excluding carboxylic acids is 1. The van der Waals surface area contributed by atoms with Gasteiger partial charge in [-0.3, -0.25) is 4.79 Å². The minimum Gasteiger partial charge on any atom is -0.496 e. The molecule has 4 aromatic rings. The number of ether oxygens (including phenoxy) is 1. The molecule has 0 aliphatic heterocycles. The third-order valence-electron chi connectivity index (χ3n) is 4.98. The number of halogens is 4. The lowest BCUT2D eigenvalue weighted by atomic mass is 10.0. The number of carbonyl (C=O) groups is 1. The Hall–Kier alpha value is -2.77. The number of nitrogens with one attached hydrogen (secondary N) is 1. The van der Waals surface area contributed by atoms with Crippen LogP contribution in [0.25, 0.3) is 22.5 Å². The van der Waals surface area contributed by atoms with Crippen molar-refractivity contribution in [3.05, 3.63) is 86.3 Å². The van der Waals surface area contributed by atoms with Gasteiger partial charge in [0.15, 0.2) is 0 Å². The second kappa shape index (κ2) is 10.7. The number of hydrogen-bond donors (Lipinski definition) is 1. The van der Waals surface area contributed by atoms with Crippen LogP contribution >= 0.6 is 46.4 Å². The van der Waals surface area contributed by atoms with E-state index in [-0.39, 0.29) is 12.5 Å². The van der Waals surface area contributed by atoms with Crippen LogP contribution in [0.15, 0.2) is 60.7 Å². The van der Waals surface area contributed by atoms with Crippen molar-refractivity contribution in [2.45, 2.75) is 13.1 Å². The third kappa shape index (κ3) is 5.47. The molecule has 0 aliphatic carbocycles. The maximum Gasteiger partial charge on any atom is 0.243 e. The number of nitrogens with zero attached hydrogens (tertiary/aromatic N) is 3. The fraction of sp³-hybridized carbons (Fsp3) is 0.125. The van der Waals surface area contributed by atoms with Gasteiger partial charge in [-0.05, 0) is 42.5 Å². The van der Waals surface area contributed by atoms with E-state index in [0.29, 0.717) is 54.9 Å². The van der Waals surface area contributed by atoms with Gasteiger partial charge in [-0.2, -0.15) is 15.0 Å². The Bertz CT molecular complexity index is 1290. The van der Waals surface area contributed by atoms with E-state index in [2.05, 4.69) is 15.5 Å². The first-order valence-electron chi connectivity index (χ1n) is 10.1. The van der Waals surface area contributed by atoms with Crippen molar-refractivity contribution < 1.29 is 9.53 Å². The molecule has 4 rings (SSSR count). The number of para-hydroxylation sites is 1. The lowest BCUT2D eigenvalue weighted by Gasteiger charge is -2.09. The van der Waals surface area contributed by atoms with Crippen molar-refractivity contribution in [1.29, 1.82) is 0 Å². The molecule has 174 valence electrons. The molecule has 6 nitrogen and oxygen atoms in total. The summed E-state index contributed by atoms with van der Waals surface area (Å²) in [6.07, 6.45) is 0. The topological polar surface area (TPSA) is 69.0 Å². The largest absolute Gasteiger partial charge is 0.496 e.